The molecule has 116 valence electrons. The van der Waals surface area contributed by atoms with Crippen molar-refractivity contribution in [3.63, 3.8) is 0 Å². The van der Waals surface area contributed by atoms with Crippen molar-refractivity contribution in [2.75, 3.05) is 0 Å². The molecule has 0 aliphatic carbocycles. The molecule has 0 heterocycles. The second kappa shape index (κ2) is 6.91. The zero-order valence-electron chi connectivity index (χ0n) is 13.0. The third kappa shape index (κ3) is 3.52. The topological polar surface area (TPSA) is 0 Å². The highest BCUT2D eigenvalue weighted by Gasteiger charge is 2.09. The number of rotatable bonds is 3. The van der Waals surface area contributed by atoms with Crippen LogP contribution in [0.3, 0.4) is 0 Å². The molecule has 0 saturated carbocycles. The largest absolute Gasteiger partial charge is 0.206 e. The van der Waals surface area contributed by atoms with Gasteiger partial charge in [-0.05, 0) is 51.4 Å². The van der Waals surface area contributed by atoms with Crippen LogP contribution < -0.4 is 10.6 Å². The third-order valence-corrected chi connectivity index (χ3v) is 4.87. The highest BCUT2D eigenvalue weighted by molar-refractivity contribution is 7.29. The monoisotopic (exact) mass is 340 g/mol. The zero-order valence-corrected chi connectivity index (χ0v) is 15.3. The van der Waals surface area contributed by atoms with E-state index in [0.29, 0.717) is 5.56 Å². The summed E-state index contributed by atoms with van der Waals surface area (Å²) in [5, 5.41) is 2.18. The molecule has 3 heteroatoms. The maximum Gasteiger partial charge on any atom is 0.131 e. The summed E-state index contributed by atoms with van der Waals surface area (Å²) in [6, 6.07) is 19.7. The molecule has 0 nitrogen and oxygen atoms in total. The van der Waals surface area contributed by atoms with Gasteiger partial charge >= 0.3 is 0 Å². The maximum absolute atomic E-state index is 14.6. The fourth-order valence-corrected chi connectivity index (χ4v) is 3.60. The minimum atomic E-state index is -0.189. The number of benzene rings is 3. The molecule has 0 aromatic heterocycles. The molecule has 2 unspecified atom stereocenters. The lowest BCUT2D eigenvalue weighted by molar-refractivity contribution is 0.632. The Morgan fingerprint density at radius 3 is 2.04 bits per heavy atom. The summed E-state index contributed by atoms with van der Waals surface area (Å²) in [7, 11) is 5.40. The quantitative estimate of drug-likeness (QED) is 0.605. The molecule has 2 atom stereocenters. The highest BCUT2D eigenvalue weighted by Crippen LogP contribution is 2.28. The average molecular weight is 340 g/mol. The van der Waals surface area contributed by atoms with Crippen LogP contribution in [0, 0.1) is 5.82 Å². The van der Waals surface area contributed by atoms with Crippen LogP contribution in [-0.4, -0.2) is 0 Å². The molecule has 0 aliphatic rings. The first kappa shape index (κ1) is 16.3. The maximum atomic E-state index is 14.6. The first-order valence-corrected chi connectivity index (χ1v) is 8.78. The summed E-state index contributed by atoms with van der Waals surface area (Å²) >= 11 is 0. The van der Waals surface area contributed by atoms with Crippen molar-refractivity contribution >= 4 is 29.1 Å². The van der Waals surface area contributed by atoms with Crippen molar-refractivity contribution in [3.8, 4) is 22.3 Å². The Labute approximate surface area is 141 Å². The molecule has 0 amide bonds. The lowest BCUT2D eigenvalue weighted by Crippen LogP contribution is -2.03. The first-order valence-electron chi connectivity index (χ1n) is 7.62. The van der Waals surface area contributed by atoms with Gasteiger partial charge in [-0.25, -0.2) is 4.39 Å². The van der Waals surface area contributed by atoms with Crippen molar-refractivity contribution in [1.29, 1.82) is 0 Å². The predicted octanol–water partition coefficient (Wildman–Crippen LogP) is 4.72. The van der Waals surface area contributed by atoms with Gasteiger partial charge in [-0.3, -0.25) is 0 Å². The summed E-state index contributed by atoms with van der Waals surface area (Å²) in [6.45, 7) is 2.12. The van der Waals surface area contributed by atoms with Gasteiger partial charge in [-0.2, -0.15) is 0 Å². The van der Waals surface area contributed by atoms with Gasteiger partial charge in [0.05, 0.1) is 0 Å². The van der Waals surface area contributed by atoms with Gasteiger partial charge < -0.3 is 0 Å². The van der Waals surface area contributed by atoms with Crippen LogP contribution in [0.2, 0.25) is 0 Å². The molecule has 3 aromatic carbocycles. The van der Waals surface area contributed by atoms with E-state index < -0.39 is 0 Å². The minimum absolute atomic E-state index is 0.189. The summed E-state index contributed by atoms with van der Waals surface area (Å²) in [6.07, 6.45) is 0.990. The van der Waals surface area contributed by atoms with Crippen molar-refractivity contribution in [2.24, 2.45) is 0 Å². The summed E-state index contributed by atoms with van der Waals surface area (Å²) in [4.78, 5) is 0. The van der Waals surface area contributed by atoms with Crippen molar-refractivity contribution in [3.05, 3.63) is 72.0 Å². The second-order valence-corrected chi connectivity index (χ2v) is 6.88. The fourth-order valence-electron chi connectivity index (χ4n) is 2.68. The smallest absolute Gasteiger partial charge is 0.131 e. The van der Waals surface area contributed by atoms with Gasteiger partial charge in [0.15, 0.2) is 0 Å². The Morgan fingerprint density at radius 2 is 1.43 bits per heavy atom. The summed E-state index contributed by atoms with van der Waals surface area (Å²) in [5.41, 5.74) is 4.75. The Hall–Kier alpha value is -1.55. The SMILES string of the molecule is CCc1ccc(-c2ccc(-c3ccc(P)cc3P)cc2F)cc1. The van der Waals surface area contributed by atoms with E-state index in [2.05, 4.69) is 43.6 Å². The predicted molar refractivity (Wildman–Crippen MR) is 105 cm³/mol. The Bertz CT molecular complexity index is 839. The molecule has 3 aromatic rings. The summed E-state index contributed by atoms with van der Waals surface area (Å²) in [5.74, 6) is -0.189. The Balaban J connectivity index is 2.00. The standard InChI is InChI=1S/C20H19FP2/c1-2-13-3-5-14(6-4-13)17-9-7-15(11-19(17)21)18-10-8-16(22)12-20(18)23/h3-12H,2,22-23H2,1H3. The lowest BCUT2D eigenvalue weighted by atomic mass is 9.98. The molecule has 0 bridgehead atoms. The van der Waals surface area contributed by atoms with Gasteiger partial charge in [-0.15, -0.1) is 18.5 Å². The Morgan fingerprint density at radius 1 is 0.783 bits per heavy atom. The zero-order chi connectivity index (χ0) is 16.4. The molecule has 0 spiro atoms. The minimum Gasteiger partial charge on any atom is -0.206 e. The van der Waals surface area contributed by atoms with E-state index in [1.807, 2.05) is 36.4 Å². The molecule has 0 fully saturated rings. The fraction of sp³-hybridized carbons (Fsp3) is 0.100. The van der Waals surface area contributed by atoms with Gasteiger partial charge in [0, 0.05) is 5.56 Å². The molecular weight excluding hydrogens is 321 g/mol. The van der Waals surface area contributed by atoms with Crippen molar-refractivity contribution in [1.82, 2.24) is 0 Å². The van der Waals surface area contributed by atoms with E-state index in [9.17, 15) is 4.39 Å². The number of halogens is 1. The molecule has 0 saturated heterocycles. The van der Waals surface area contributed by atoms with Crippen LogP contribution in [0.4, 0.5) is 4.39 Å². The highest BCUT2D eigenvalue weighted by atomic mass is 31.0. The Kier molecular flexibility index (Phi) is 4.90. The van der Waals surface area contributed by atoms with Crippen LogP contribution >= 0.6 is 18.5 Å². The first-order chi connectivity index (χ1) is 11.1. The average Bonchev–Trinajstić information content (AvgIpc) is 2.55. The van der Waals surface area contributed by atoms with Crippen LogP contribution in [0.25, 0.3) is 22.3 Å². The van der Waals surface area contributed by atoms with Crippen molar-refractivity contribution < 1.29 is 4.39 Å². The molecule has 23 heavy (non-hydrogen) atoms. The van der Waals surface area contributed by atoms with Gasteiger partial charge in [0.2, 0.25) is 0 Å². The number of aryl methyl sites for hydroxylation is 1. The molecule has 0 aliphatic heterocycles. The molecule has 0 radical (unpaired) electrons. The van der Waals surface area contributed by atoms with E-state index in [4.69, 9.17) is 0 Å². The number of hydrogen-bond acceptors (Lipinski definition) is 0. The van der Waals surface area contributed by atoms with E-state index in [0.717, 1.165) is 33.7 Å². The second-order valence-electron chi connectivity index (χ2n) is 5.59. The van der Waals surface area contributed by atoms with Gasteiger partial charge in [0.25, 0.3) is 0 Å². The summed E-state index contributed by atoms with van der Waals surface area (Å²) < 4.78 is 14.6. The molecule has 0 N–H and O–H groups in total. The van der Waals surface area contributed by atoms with Crippen molar-refractivity contribution in [2.45, 2.75) is 13.3 Å². The van der Waals surface area contributed by atoms with Crippen LogP contribution in [-0.2, 0) is 6.42 Å². The van der Waals surface area contributed by atoms with E-state index in [1.54, 1.807) is 6.07 Å². The van der Waals surface area contributed by atoms with Crippen LogP contribution in [0.5, 0.6) is 0 Å². The third-order valence-electron chi connectivity index (χ3n) is 4.03. The normalized spacial score (nSPS) is 10.8. The van der Waals surface area contributed by atoms with E-state index in [1.165, 1.54) is 5.56 Å². The van der Waals surface area contributed by atoms with Gasteiger partial charge in [-0.1, -0.05) is 55.5 Å². The lowest BCUT2D eigenvalue weighted by Gasteiger charge is -2.10. The van der Waals surface area contributed by atoms with Crippen LogP contribution in [0.15, 0.2) is 60.7 Å². The van der Waals surface area contributed by atoms with E-state index >= 15 is 0 Å². The van der Waals surface area contributed by atoms with E-state index in [-0.39, 0.29) is 5.82 Å². The van der Waals surface area contributed by atoms with Crippen LogP contribution in [0.1, 0.15) is 12.5 Å². The number of hydrogen-bond donors (Lipinski definition) is 0. The van der Waals surface area contributed by atoms with Gasteiger partial charge in [0.1, 0.15) is 5.82 Å². The molecule has 3 rings (SSSR count). The molecular formula is C20H19FP2.